The summed E-state index contributed by atoms with van der Waals surface area (Å²) in [4.78, 5) is 0. The lowest BCUT2D eigenvalue weighted by atomic mass is 9.72. The molecule has 0 aliphatic rings. The van der Waals surface area contributed by atoms with Crippen molar-refractivity contribution in [2.75, 3.05) is 13.1 Å². The van der Waals surface area contributed by atoms with Gasteiger partial charge in [0.15, 0.2) is 0 Å². The van der Waals surface area contributed by atoms with E-state index in [0.29, 0.717) is 11.3 Å². The Morgan fingerprint density at radius 3 is 2.17 bits per heavy atom. The second-order valence-electron chi connectivity index (χ2n) is 4.02. The first-order valence-corrected chi connectivity index (χ1v) is 5.00. The molecule has 0 aromatic carbocycles. The van der Waals surface area contributed by atoms with Crippen LogP contribution < -0.4 is 11.5 Å². The van der Waals surface area contributed by atoms with Crippen LogP contribution in [0.25, 0.3) is 0 Å². The Morgan fingerprint density at radius 2 is 1.83 bits per heavy atom. The fourth-order valence-corrected chi connectivity index (χ4v) is 1.70. The van der Waals surface area contributed by atoms with Gasteiger partial charge in [-0.15, -0.1) is 0 Å². The number of hydrogen-bond donors (Lipinski definition) is 2. The maximum atomic E-state index is 5.59. The first kappa shape index (κ1) is 11.9. The van der Waals surface area contributed by atoms with Crippen LogP contribution in [0.15, 0.2) is 0 Å². The van der Waals surface area contributed by atoms with Crippen LogP contribution in [0.4, 0.5) is 0 Å². The standard InChI is InChI=1S/C10H24N2/c1-4-10(3,6-8-12)9(2)5-7-11/h9H,4-8,11-12H2,1-3H3. The van der Waals surface area contributed by atoms with Crippen LogP contribution in [0.3, 0.4) is 0 Å². The van der Waals surface area contributed by atoms with Gasteiger partial charge in [0.25, 0.3) is 0 Å². The van der Waals surface area contributed by atoms with Gasteiger partial charge < -0.3 is 11.5 Å². The molecule has 0 amide bonds. The second kappa shape index (κ2) is 5.55. The smallest absolute Gasteiger partial charge is 0.00720 e. The summed E-state index contributed by atoms with van der Waals surface area (Å²) in [6.45, 7) is 8.43. The first-order chi connectivity index (χ1) is 5.60. The third-order valence-electron chi connectivity index (χ3n) is 3.31. The molecular weight excluding hydrogens is 148 g/mol. The minimum atomic E-state index is 0.397. The fraction of sp³-hybridized carbons (Fsp3) is 1.00. The summed E-state index contributed by atoms with van der Waals surface area (Å²) in [5.74, 6) is 0.691. The molecular formula is C10H24N2. The SMILES string of the molecule is CCC(C)(CCN)C(C)CCN. The number of hydrogen-bond acceptors (Lipinski definition) is 2. The largest absolute Gasteiger partial charge is 0.330 e. The Balaban J connectivity index is 4.08. The molecule has 0 spiro atoms. The average molecular weight is 172 g/mol. The van der Waals surface area contributed by atoms with Gasteiger partial charge in [-0.3, -0.25) is 0 Å². The predicted octanol–water partition coefficient (Wildman–Crippen LogP) is 1.74. The van der Waals surface area contributed by atoms with Gasteiger partial charge in [-0.05, 0) is 37.3 Å². The molecule has 0 bridgehead atoms. The molecule has 2 unspecified atom stereocenters. The summed E-state index contributed by atoms with van der Waals surface area (Å²) >= 11 is 0. The van der Waals surface area contributed by atoms with Crippen molar-refractivity contribution in [1.29, 1.82) is 0 Å². The average Bonchev–Trinajstić information content (AvgIpc) is 2.05. The van der Waals surface area contributed by atoms with E-state index in [1.807, 2.05) is 0 Å². The summed E-state index contributed by atoms with van der Waals surface area (Å²) in [6.07, 6.45) is 3.43. The second-order valence-corrected chi connectivity index (χ2v) is 4.02. The lowest BCUT2D eigenvalue weighted by Crippen LogP contribution is -2.29. The van der Waals surface area contributed by atoms with Gasteiger partial charge >= 0.3 is 0 Å². The summed E-state index contributed by atoms with van der Waals surface area (Å²) in [6, 6.07) is 0. The maximum Gasteiger partial charge on any atom is -0.00720 e. The zero-order valence-electron chi connectivity index (χ0n) is 8.77. The summed E-state index contributed by atoms with van der Waals surface area (Å²) < 4.78 is 0. The predicted molar refractivity (Wildman–Crippen MR) is 54.9 cm³/mol. The Morgan fingerprint density at radius 1 is 1.25 bits per heavy atom. The molecule has 2 nitrogen and oxygen atoms in total. The molecule has 0 rings (SSSR count). The summed E-state index contributed by atoms with van der Waals surface area (Å²) in [5, 5.41) is 0. The van der Waals surface area contributed by atoms with Gasteiger partial charge in [0.2, 0.25) is 0 Å². The molecule has 0 heterocycles. The van der Waals surface area contributed by atoms with Crippen molar-refractivity contribution in [3.8, 4) is 0 Å². The van der Waals surface area contributed by atoms with E-state index in [1.54, 1.807) is 0 Å². The number of rotatable bonds is 6. The molecule has 4 N–H and O–H groups in total. The van der Waals surface area contributed by atoms with Crippen molar-refractivity contribution < 1.29 is 0 Å². The molecule has 0 aliphatic heterocycles. The molecule has 74 valence electrons. The monoisotopic (exact) mass is 172 g/mol. The highest BCUT2D eigenvalue weighted by Gasteiger charge is 2.27. The van der Waals surface area contributed by atoms with Gasteiger partial charge in [0.05, 0.1) is 0 Å². The highest BCUT2D eigenvalue weighted by Crippen LogP contribution is 2.35. The van der Waals surface area contributed by atoms with Gasteiger partial charge in [-0.25, -0.2) is 0 Å². The van der Waals surface area contributed by atoms with E-state index in [0.717, 1.165) is 25.9 Å². The molecule has 0 aromatic rings. The topological polar surface area (TPSA) is 52.0 Å². The Labute approximate surface area is 76.7 Å². The Kier molecular flexibility index (Phi) is 5.51. The van der Waals surface area contributed by atoms with Gasteiger partial charge in [0, 0.05) is 0 Å². The lowest BCUT2D eigenvalue weighted by molar-refractivity contribution is 0.171. The third kappa shape index (κ3) is 3.11. The van der Waals surface area contributed by atoms with E-state index in [2.05, 4.69) is 20.8 Å². The van der Waals surface area contributed by atoms with E-state index in [4.69, 9.17) is 11.5 Å². The fourth-order valence-electron chi connectivity index (χ4n) is 1.70. The molecule has 0 aromatic heterocycles. The zero-order chi connectivity index (χ0) is 9.61. The minimum absolute atomic E-state index is 0.397. The van der Waals surface area contributed by atoms with E-state index < -0.39 is 0 Å². The lowest BCUT2D eigenvalue weighted by Gasteiger charge is -2.34. The normalized spacial score (nSPS) is 18.8. The quantitative estimate of drug-likeness (QED) is 0.641. The third-order valence-corrected chi connectivity index (χ3v) is 3.31. The van der Waals surface area contributed by atoms with Crippen LogP contribution in [0, 0.1) is 11.3 Å². The van der Waals surface area contributed by atoms with Crippen LogP contribution in [0.5, 0.6) is 0 Å². The Bertz CT molecular complexity index is 114. The highest BCUT2D eigenvalue weighted by molar-refractivity contribution is 4.79. The highest BCUT2D eigenvalue weighted by atomic mass is 14.6. The molecule has 2 heteroatoms. The van der Waals surface area contributed by atoms with Crippen LogP contribution in [0.2, 0.25) is 0 Å². The van der Waals surface area contributed by atoms with E-state index >= 15 is 0 Å². The van der Waals surface area contributed by atoms with Gasteiger partial charge in [0.1, 0.15) is 0 Å². The number of nitrogens with two attached hydrogens (primary N) is 2. The van der Waals surface area contributed by atoms with Crippen molar-refractivity contribution in [3.63, 3.8) is 0 Å². The molecule has 12 heavy (non-hydrogen) atoms. The molecule has 0 saturated carbocycles. The first-order valence-electron chi connectivity index (χ1n) is 5.00. The Hall–Kier alpha value is -0.0800. The van der Waals surface area contributed by atoms with Gasteiger partial charge in [-0.2, -0.15) is 0 Å². The van der Waals surface area contributed by atoms with Crippen molar-refractivity contribution in [3.05, 3.63) is 0 Å². The van der Waals surface area contributed by atoms with E-state index in [1.165, 1.54) is 6.42 Å². The van der Waals surface area contributed by atoms with Crippen LogP contribution in [-0.2, 0) is 0 Å². The molecule has 0 saturated heterocycles. The van der Waals surface area contributed by atoms with Crippen LogP contribution in [-0.4, -0.2) is 13.1 Å². The molecule has 2 atom stereocenters. The van der Waals surface area contributed by atoms with E-state index in [-0.39, 0.29) is 0 Å². The zero-order valence-corrected chi connectivity index (χ0v) is 8.77. The molecule has 0 fully saturated rings. The van der Waals surface area contributed by atoms with Crippen molar-refractivity contribution in [1.82, 2.24) is 0 Å². The maximum absolute atomic E-state index is 5.59. The minimum Gasteiger partial charge on any atom is -0.330 e. The van der Waals surface area contributed by atoms with Crippen molar-refractivity contribution >= 4 is 0 Å². The van der Waals surface area contributed by atoms with E-state index in [9.17, 15) is 0 Å². The summed E-state index contributed by atoms with van der Waals surface area (Å²) in [5.41, 5.74) is 11.5. The summed E-state index contributed by atoms with van der Waals surface area (Å²) in [7, 11) is 0. The van der Waals surface area contributed by atoms with Gasteiger partial charge in [-0.1, -0.05) is 27.2 Å². The van der Waals surface area contributed by atoms with Crippen LogP contribution >= 0.6 is 0 Å². The van der Waals surface area contributed by atoms with Crippen molar-refractivity contribution in [2.45, 2.75) is 40.0 Å². The molecule has 0 radical (unpaired) electrons. The van der Waals surface area contributed by atoms with Crippen molar-refractivity contribution in [2.24, 2.45) is 22.8 Å². The van der Waals surface area contributed by atoms with Crippen LogP contribution in [0.1, 0.15) is 40.0 Å². The molecule has 0 aliphatic carbocycles.